The molecule has 0 spiro atoms. The number of fused-ring (bicyclic) bond motifs is 1. The van der Waals surface area contributed by atoms with Crippen LogP contribution in [0.25, 0.3) is 0 Å². The van der Waals surface area contributed by atoms with E-state index in [-0.39, 0.29) is 23.4 Å². The van der Waals surface area contributed by atoms with Gasteiger partial charge in [-0.15, -0.1) is 0 Å². The van der Waals surface area contributed by atoms with Crippen molar-refractivity contribution >= 4 is 0 Å². The van der Waals surface area contributed by atoms with Crippen molar-refractivity contribution in [3.8, 4) is 11.5 Å². The van der Waals surface area contributed by atoms with Gasteiger partial charge in [0.05, 0.1) is 12.8 Å². The molecule has 1 unspecified atom stereocenters. The van der Waals surface area contributed by atoms with Crippen molar-refractivity contribution in [1.82, 2.24) is 9.55 Å². The van der Waals surface area contributed by atoms with E-state index in [0.717, 1.165) is 31.4 Å². The lowest BCUT2D eigenvalue weighted by molar-refractivity contribution is 0.202. The number of rotatable bonds is 4. The van der Waals surface area contributed by atoms with E-state index in [1.807, 2.05) is 24.3 Å². The molecule has 26 heavy (non-hydrogen) atoms. The molecule has 2 aliphatic carbocycles. The van der Waals surface area contributed by atoms with Gasteiger partial charge in [0.25, 0.3) is 5.56 Å². The third-order valence-electron chi connectivity index (χ3n) is 5.52. The minimum absolute atomic E-state index is 0.0341. The first kappa shape index (κ1) is 16.9. The van der Waals surface area contributed by atoms with E-state index in [4.69, 9.17) is 9.47 Å². The fourth-order valence-electron chi connectivity index (χ4n) is 4.15. The predicted molar refractivity (Wildman–Crippen MR) is 98.1 cm³/mol. The number of ether oxygens (including phenoxy) is 2. The zero-order chi connectivity index (χ0) is 18.1. The van der Waals surface area contributed by atoms with Crippen molar-refractivity contribution in [3.63, 3.8) is 0 Å². The number of hydrogen-bond donors (Lipinski definition) is 1. The van der Waals surface area contributed by atoms with E-state index in [2.05, 4.69) is 4.98 Å². The maximum atomic E-state index is 12.9. The lowest BCUT2D eigenvalue weighted by atomic mass is 9.95. The van der Waals surface area contributed by atoms with Crippen molar-refractivity contribution < 1.29 is 9.47 Å². The summed E-state index contributed by atoms with van der Waals surface area (Å²) in [6, 6.07) is 7.35. The SMILES string of the molecule is COc1ccc(OC2CCc3c2[nH]c(=O)n(C2CCCCC2)c3=O)cc1. The van der Waals surface area contributed by atoms with Gasteiger partial charge >= 0.3 is 5.69 Å². The predicted octanol–water partition coefficient (Wildman–Crippen LogP) is 3.12. The summed E-state index contributed by atoms with van der Waals surface area (Å²) in [7, 11) is 1.62. The Kier molecular flexibility index (Phi) is 4.57. The molecule has 0 saturated heterocycles. The van der Waals surface area contributed by atoms with Gasteiger partial charge in [-0.05, 0) is 49.9 Å². The summed E-state index contributed by atoms with van der Waals surface area (Å²) in [6.45, 7) is 0. The molecule has 1 heterocycles. The largest absolute Gasteiger partial charge is 0.497 e. The summed E-state index contributed by atoms with van der Waals surface area (Å²) in [4.78, 5) is 28.5. The lowest BCUT2D eigenvalue weighted by Gasteiger charge is -2.23. The summed E-state index contributed by atoms with van der Waals surface area (Å²) in [5, 5.41) is 0. The van der Waals surface area contributed by atoms with E-state index in [0.29, 0.717) is 29.8 Å². The molecule has 1 fully saturated rings. The Morgan fingerprint density at radius 2 is 1.69 bits per heavy atom. The summed E-state index contributed by atoms with van der Waals surface area (Å²) >= 11 is 0. The van der Waals surface area contributed by atoms with Crippen LogP contribution in [0.3, 0.4) is 0 Å². The standard InChI is InChI=1S/C20H24N2O4/c1-25-14-7-9-15(10-8-14)26-17-12-11-16-18(17)21-20(24)22(19(16)23)13-5-3-2-4-6-13/h7-10,13,17H,2-6,11-12H2,1H3,(H,21,24). The monoisotopic (exact) mass is 356 g/mol. The van der Waals surface area contributed by atoms with Gasteiger partial charge in [0.15, 0.2) is 0 Å². The summed E-state index contributed by atoms with van der Waals surface area (Å²) in [5.74, 6) is 1.45. The van der Waals surface area contributed by atoms with Crippen LogP contribution in [0.2, 0.25) is 0 Å². The zero-order valence-corrected chi connectivity index (χ0v) is 15.0. The topological polar surface area (TPSA) is 73.3 Å². The van der Waals surface area contributed by atoms with Gasteiger partial charge in [-0.3, -0.25) is 9.36 Å². The molecule has 138 valence electrons. The van der Waals surface area contributed by atoms with Gasteiger partial charge in [-0.25, -0.2) is 4.79 Å². The van der Waals surface area contributed by atoms with Crippen molar-refractivity contribution in [1.29, 1.82) is 0 Å². The van der Waals surface area contributed by atoms with Crippen LogP contribution in [0.5, 0.6) is 11.5 Å². The molecule has 1 N–H and O–H groups in total. The lowest BCUT2D eigenvalue weighted by Crippen LogP contribution is -2.41. The van der Waals surface area contributed by atoms with Crippen molar-refractivity contribution in [2.45, 2.75) is 57.1 Å². The molecule has 1 atom stereocenters. The van der Waals surface area contributed by atoms with Crippen LogP contribution < -0.4 is 20.7 Å². The minimum atomic E-state index is -0.300. The number of nitrogens with zero attached hydrogens (tertiary/aromatic N) is 1. The van der Waals surface area contributed by atoms with Gasteiger partial charge in [0.1, 0.15) is 17.6 Å². The van der Waals surface area contributed by atoms with E-state index in [9.17, 15) is 9.59 Å². The van der Waals surface area contributed by atoms with Gasteiger partial charge < -0.3 is 14.5 Å². The van der Waals surface area contributed by atoms with Crippen LogP contribution in [-0.2, 0) is 6.42 Å². The Morgan fingerprint density at radius 3 is 2.38 bits per heavy atom. The number of benzene rings is 1. The number of hydrogen-bond acceptors (Lipinski definition) is 4. The van der Waals surface area contributed by atoms with Gasteiger partial charge in [0.2, 0.25) is 0 Å². The molecule has 1 aromatic carbocycles. The average Bonchev–Trinajstić information content (AvgIpc) is 3.06. The van der Waals surface area contributed by atoms with Crippen LogP contribution in [0.15, 0.2) is 33.9 Å². The average molecular weight is 356 g/mol. The Balaban J connectivity index is 1.62. The zero-order valence-electron chi connectivity index (χ0n) is 15.0. The van der Waals surface area contributed by atoms with Crippen LogP contribution in [0.1, 0.15) is 61.9 Å². The minimum Gasteiger partial charge on any atom is -0.497 e. The van der Waals surface area contributed by atoms with Crippen LogP contribution in [0.4, 0.5) is 0 Å². The quantitative estimate of drug-likeness (QED) is 0.913. The molecule has 0 aliphatic heterocycles. The molecule has 0 bridgehead atoms. The molecule has 1 aromatic heterocycles. The number of aromatic nitrogens is 2. The van der Waals surface area contributed by atoms with Crippen LogP contribution in [-0.4, -0.2) is 16.7 Å². The normalized spacial score (nSPS) is 20.0. The first-order valence-electron chi connectivity index (χ1n) is 9.35. The number of H-pyrrole nitrogens is 1. The molecule has 1 saturated carbocycles. The number of methoxy groups -OCH3 is 1. The molecule has 4 rings (SSSR count). The molecular weight excluding hydrogens is 332 g/mol. The van der Waals surface area contributed by atoms with E-state index < -0.39 is 0 Å². The highest BCUT2D eigenvalue weighted by atomic mass is 16.5. The van der Waals surface area contributed by atoms with Crippen molar-refractivity contribution in [3.05, 3.63) is 56.4 Å². The fourth-order valence-corrected chi connectivity index (χ4v) is 4.15. The Bertz CT molecular complexity index is 892. The highest BCUT2D eigenvalue weighted by molar-refractivity contribution is 5.33. The Labute approximate surface area is 151 Å². The molecule has 2 aromatic rings. The summed E-state index contributed by atoms with van der Waals surface area (Å²) in [6.07, 6.45) is 6.21. The Morgan fingerprint density at radius 1 is 1.00 bits per heavy atom. The maximum Gasteiger partial charge on any atom is 0.328 e. The molecule has 6 heteroatoms. The second kappa shape index (κ2) is 7.02. The summed E-state index contributed by atoms with van der Waals surface area (Å²) in [5.41, 5.74) is 0.916. The van der Waals surface area contributed by atoms with Gasteiger partial charge in [0, 0.05) is 11.6 Å². The smallest absolute Gasteiger partial charge is 0.328 e. The van der Waals surface area contributed by atoms with Crippen LogP contribution in [0, 0.1) is 0 Å². The van der Waals surface area contributed by atoms with Crippen molar-refractivity contribution in [2.75, 3.05) is 7.11 Å². The first-order valence-corrected chi connectivity index (χ1v) is 9.35. The second-order valence-electron chi connectivity index (χ2n) is 7.11. The Hall–Kier alpha value is -2.50. The third kappa shape index (κ3) is 3.04. The summed E-state index contributed by atoms with van der Waals surface area (Å²) < 4.78 is 12.6. The molecule has 0 radical (unpaired) electrons. The van der Waals surface area contributed by atoms with Crippen molar-refractivity contribution in [2.24, 2.45) is 0 Å². The van der Waals surface area contributed by atoms with Gasteiger partial charge in [-0.1, -0.05) is 19.3 Å². The molecule has 6 nitrogen and oxygen atoms in total. The first-order chi connectivity index (χ1) is 12.7. The molecular formula is C20H24N2O4. The number of aromatic amines is 1. The number of nitrogens with one attached hydrogen (secondary N) is 1. The van der Waals surface area contributed by atoms with Gasteiger partial charge in [-0.2, -0.15) is 0 Å². The van der Waals surface area contributed by atoms with Crippen LogP contribution >= 0.6 is 0 Å². The van der Waals surface area contributed by atoms with E-state index in [1.54, 1.807) is 7.11 Å². The third-order valence-corrected chi connectivity index (χ3v) is 5.52. The van der Waals surface area contributed by atoms with E-state index in [1.165, 1.54) is 11.0 Å². The fraction of sp³-hybridized carbons (Fsp3) is 0.500. The van der Waals surface area contributed by atoms with E-state index >= 15 is 0 Å². The molecule has 2 aliphatic rings. The highest BCUT2D eigenvalue weighted by Gasteiger charge is 2.31. The maximum absolute atomic E-state index is 12.9. The second-order valence-corrected chi connectivity index (χ2v) is 7.11. The highest BCUT2D eigenvalue weighted by Crippen LogP contribution is 2.33. The molecule has 0 amide bonds.